The standard InChI is InChI=1S/C16H21NO/c1-3-12-8-14-11-17-16(6-4-5-7-16)10-13(14)9-15(12)18-2/h8-9,11H,3-7,10H2,1-2H3. The molecule has 1 saturated carbocycles. The van der Waals surface area contributed by atoms with Gasteiger partial charge in [0, 0.05) is 6.21 Å². The Morgan fingerprint density at radius 1 is 1.28 bits per heavy atom. The quantitative estimate of drug-likeness (QED) is 0.778. The van der Waals surface area contributed by atoms with Gasteiger partial charge in [0.2, 0.25) is 0 Å². The van der Waals surface area contributed by atoms with E-state index in [2.05, 4.69) is 25.3 Å². The van der Waals surface area contributed by atoms with Crippen molar-refractivity contribution in [2.24, 2.45) is 4.99 Å². The second kappa shape index (κ2) is 4.42. The van der Waals surface area contributed by atoms with Gasteiger partial charge in [-0.3, -0.25) is 4.99 Å². The number of hydrogen-bond acceptors (Lipinski definition) is 2. The molecule has 2 heteroatoms. The van der Waals surface area contributed by atoms with E-state index < -0.39 is 0 Å². The minimum atomic E-state index is 0.214. The van der Waals surface area contributed by atoms with Gasteiger partial charge >= 0.3 is 0 Å². The smallest absolute Gasteiger partial charge is 0.122 e. The van der Waals surface area contributed by atoms with Crippen LogP contribution in [0.4, 0.5) is 0 Å². The van der Waals surface area contributed by atoms with Crippen LogP contribution in [-0.4, -0.2) is 18.9 Å². The molecule has 0 unspecified atom stereocenters. The molecular weight excluding hydrogens is 222 g/mol. The molecule has 1 aromatic rings. The Morgan fingerprint density at radius 3 is 2.72 bits per heavy atom. The third-order valence-electron chi connectivity index (χ3n) is 4.45. The van der Waals surface area contributed by atoms with E-state index in [9.17, 15) is 0 Å². The summed E-state index contributed by atoms with van der Waals surface area (Å²) < 4.78 is 5.51. The van der Waals surface area contributed by atoms with Crippen molar-refractivity contribution in [3.8, 4) is 5.75 Å². The lowest BCUT2D eigenvalue weighted by Gasteiger charge is -2.29. The van der Waals surface area contributed by atoms with Crippen LogP contribution in [0.15, 0.2) is 17.1 Å². The van der Waals surface area contributed by atoms with Gasteiger partial charge in [0.1, 0.15) is 5.75 Å². The molecule has 1 heterocycles. The van der Waals surface area contributed by atoms with Gasteiger partial charge in [-0.05, 0) is 54.5 Å². The van der Waals surface area contributed by atoms with E-state index in [1.54, 1.807) is 7.11 Å². The average molecular weight is 243 g/mol. The molecular formula is C16H21NO. The van der Waals surface area contributed by atoms with Crippen molar-refractivity contribution in [1.29, 1.82) is 0 Å². The fourth-order valence-corrected chi connectivity index (χ4v) is 3.37. The molecule has 0 N–H and O–H groups in total. The third kappa shape index (κ3) is 1.84. The van der Waals surface area contributed by atoms with Gasteiger partial charge in [0.25, 0.3) is 0 Å². The van der Waals surface area contributed by atoms with Crippen molar-refractivity contribution >= 4 is 6.21 Å². The Kier molecular flexibility index (Phi) is 2.89. The molecule has 96 valence electrons. The van der Waals surface area contributed by atoms with Gasteiger partial charge in [-0.1, -0.05) is 19.8 Å². The van der Waals surface area contributed by atoms with Crippen LogP contribution in [0.25, 0.3) is 0 Å². The van der Waals surface area contributed by atoms with Crippen LogP contribution in [-0.2, 0) is 12.8 Å². The number of aryl methyl sites for hydroxylation is 1. The highest BCUT2D eigenvalue weighted by atomic mass is 16.5. The highest BCUT2D eigenvalue weighted by Gasteiger charge is 2.35. The molecule has 0 radical (unpaired) electrons. The molecule has 0 aromatic heterocycles. The Balaban J connectivity index is 2.00. The number of methoxy groups -OCH3 is 1. The first-order chi connectivity index (χ1) is 8.76. The molecule has 1 aromatic carbocycles. The average Bonchev–Trinajstić information content (AvgIpc) is 2.85. The summed E-state index contributed by atoms with van der Waals surface area (Å²) in [4.78, 5) is 4.87. The van der Waals surface area contributed by atoms with Crippen molar-refractivity contribution in [3.05, 3.63) is 28.8 Å². The van der Waals surface area contributed by atoms with E-state index in [0.29, 0.717) is 0 Å². The van der Waals surface area contributed by atoms with Crippen LogP contribution in [0, 0.1) is 0 Å². The Hall–Kier alpha value is -1.31. The van der Waals surface area contributed by atoms with Gasteiger partial charge in [0.05, 0.1) is 12.6 Å². The molecule has 1 aliphatic heterocycles. The number of hydrogen-bond donors (Lipinski definition) is 0. The van der Waals surface area contributed by atoms with Crippen LogP contribution in [0.2, 0.25) is 0 Å². The molecule has 0 saturated heterocycles. The summed E-state index contributed by atoms with van der Waals surface area (Å²) in [5.41, 5.74) is 4.21. The van der Waals surface area contributed by atoms with Gasteiger partial charge in [-0.15, -0.1) is 0 Å². The van der Waals surface area contributed by atoms with Crippen molar-refractivity contribution in [3.63, 3.8) is 0 Å². The second-order valence-electron chi connectivity index (χ2n) is 5.58. The maximum absolute atomic E-state index is 5.51. The SMILES string of the molecule is CCc1cc2c(cc1OC)CC1(CCCC1)N=C2. The zero-order chi connectivity index (χ0) is 12.6. The number of aliphatic imine (C=N–C) groups is 1. The molecule has 18 heavy (non-hydrogen) atoms. The molecule has 2 nitrogen and oxygen atoms in total. The second-order valence-corrected chi connectivity index (χ2v) is 5.58. The van der Waals surface area contributed by atoms with E-state index in [1.165, 1.54) is 42.4 Å². The van der Waals surface area contributed by atoms with Crippen LogP contribution in [0.3, 0.4) is 0 Å². The normalized spacial score (nSPS) is 20.1. The maximum Gasteiger partial charge on any atom is 0.122 e. The predicted molar refractivity (Wildman–Crippen MR) is 74.9 cm³/mol. The molecule has 1 spiro atoms. The fourth-order valence-electron chi connectivity index (χ4n) is 3.37. The Morgan fingerprint density at radius 2 is 2.06 bits per heavy atom. The fraction of sp³-hybridized carbons (Fsp3) is 0.562. The molecule has 0 bridgehead atoms. The zero-order valence-electron chi connectivity index (χ0n) is 11.3. The Bertz CT molecular complexity index is 484. The number of benzene rings is 1. The van der Waals surface area contributed by atoms with Gasteiger partial charge < -0.3 is 4.74 Å². The maximum atomic E-state index is 5.51. The summed E-state index contributed by atoms with van der Waals surface area (Å²) in [7, 11) is 1.77. The van der Waals surface area contributed by atoms with E-state index in [0.717, 1.165) is 18.6 Å². The van der Waals surface area contributed by atoms with Crippen molar-refractivity contribution in [2.45, 2.75) is 51.0 Å². The van der Waals surface area contributed by atoms with E-state index in [4.69, 9.17) is 9.73 Å². The highest BCUT2D eigenvalue weighted by Crippen LogP contribution is 2.40. The summed E-state index contributed by atoms with van der Waals surface area (Å²) in [5.74, 6) is 1.04. The molecule has 3 rings (SSSR count). The summed E-state index contributed by atoms with van der Waals surface area (Å²) in [6, 6.07) is 4.49. The molecule has 1 aliphatic carbocycles. The number of rotatable bonds is 2. The van der Waals surface area contributed by atoms with Gasteiger partial charge in [0.15, 0.2) is 0 Å². The monoisotopic (exact) mass is 243 g/mol. The molecule has 1 fully saturated rings. The lowest BCUT2D eigenvalue weighted by Crippen LogP contribution is -2.29. The first kappa shape index (κ1) is 11.8. The lowest BCUT2D eigenvalue weighted by molar-refractivity contribution is 0.405. The van der Waals surface area contributed by atoms with Crippen LogP contribution in [0.1, 0.15) is 49.3 Å². The first-order valence-corrected chi connectivity index (χ1v) is 7.01. The number of nitrogens with zero attached hydrogens (tertiary/aromatic N) is 1. The largest absolute Gasteiger partial charge is 0.496 e. The predicted octanol–water partition coefficient (Wildman–Crippen LogP) is 3.55. The van der Waals surface area contributed by atoms with Crippen molar-refractivity contribution in [1.82, 2.24) is 0 Å². The third-order valence-corrected chi connectivity index (χ3v) is 4.45. The zero-order valence-corrected chi connectivity index (χ0v) is 11.3. The summed E-state index contributed by atoms with van der Waals surface area (Å²) in [6.07, 6.45) is 9.37. The van der Waals surface area contributed by atoms with Crippen LogP contribution >= 0.6 is 0 Å². The minimum absolute atomic E-state index is 0.214. The molecule has 0 amide bonds. The van der Waals surface area contributed by atoms with Crippen LogP contribution in [0.5, 0.6) is 5.75 Å². The first-order valence-electron chi connectivity index (χ1n) is 7.01. The summed E-state index contributed by atoms with van der Waals surface area (Å²) in [5, 5.41) is 0. The van der Waals surface area contributed by atoms with Crippen molar-refractivity contribution < 1.29 is 4.74 Å². The van der Waals surface area contributed by atoms with Gasteiger partial charge in [-0.25, -0.2) is 0 Å². The Labute approximate surface area is 109 Å². The highest BCUT2D eigenvalue weighted by molar-refractivity contribution is 5.84. The van der Waals surface area contributed by atoms with Crippen LogP contribution < -0.4 is 4.74 Å². The van der Waals surface area contributed by atoms with Crippen molar-refractivity contribution in [2.75, 3.05) is 7.11 Å². The lowest BCUT2D eigenvalue weighted by atomic mass is 9.84. The minimum Gasteiger partial charge on any atom is -0.496 e. The van der Waals surface area contributed by atoms with E-state index in [-0.39, 0.29) is 5.54 Å². The molecule has 0 atom stereocenters. The number of ether oxygens (including phenoxy) is 1. The topological polar surface area (TPSA) is 21.6 Å². The molecule has 2 aliphatic rings. The summed E-state index contributed by atoms with van der Waals surface area (Å²) >= 11 is 0. The summed E-state index contributed by atoms with van der Waals surface area (Å²) in [6.45, 7) is 2.17. The van der Waals surface area contributed by atoms with E-state index in [1.807, 2.05) is 0 Å². The van der Waals surface area contributed by atoms with E-state index >= 15 is 0 Å². The van der Waals surface area contributed by atoms with Gasteiger partial charge in [-0.2, -0.15) is 0 Å². The number of fused-ring (bicyclic) bond motifs is 1.